The van der Waals surface area contributed by atoms with Crippen LogP contribution in [0.3, 0.4) is 0 Å². The minimum atomic E-state index is -4.48. The molecule has 1 unspecified atom stereocenters. The van der Waals surface area contributed by atoms with Gasteiger partial charge in [-0.15, -0.1) is 0 Å². The van der Waals surface area contributed by atoms with Crippen molar-refractivity contribution in [3.8, 4) is 0 Å². The quantitative estimate of drug-likeness (QED) is 0.197. The molecule has 1 aliphatic rings. The molecule has 0 aromatic carbocycles. The van der Waals surface area contributed by atoms with Crippen LogP contribution in [-0.2, 0) is 14.6 Å². The molecule has 1 fully saturated rings. The summed E-state index contributed by atoms with van der Waals surface area (Å²) in [7, 11) is -4.48. The van der Waals surface area contributed by atoms with Crippen LogP contribution in [0, 0.1) is 6.42 Å². The van der Waals surface area contributed by atoms with E-state index in [2.05, 4.69) is 4.18 Å². The van der Waals surface area contributed by atoms with Gasteiger partial charge in [-0.1, -0.05) is 6.42 Å². The van der Waals surface area contributed by atoms with Gasteiger partial charge in [0.2, 0.25) is 10.4 Å². The van der Waals surface area contributed by atoms with Gasteiger partial charge < -0.3 is 11.0 Å². The van der Waals surface area contributed by atoms with E-state index < -0.39 is 16.5 Å². The smallest absolute Gasteiger partial charge is 0.726 e. The third-order valence-corrected chi connectivity index (χ3v) is 1.88. The van der Waals surface area contributed by atoms with E-state index in [4.69, 9.17) is 0 Å². The average molecular weight is 210 g/mol. The number of rotatable bonds is 2. The summed E-state index contributed by atoms with van der Waals surface area (Å²) < 4.78 is 34.2. The van der Waals surface area contributed by atoms with Gasteiger partial charge in [0.05, 0.1) is 0 Å². The zero-order valence-electron chi connectivity index (χ0n) is 7.32. The van der Waals surface area contributed by atoms with Crippen LogP contribution in [0.2, 0.25) is 0 Å². The molecule has 60 valence electrons. The molecule has 1 rings (SSSR count). The Labute approximate surface area is 117 Å². The first-order valence-electron chi connectivity index (χ1n) is 3.04. The molecule has 0 heterocycles. The second-order valence-electron chi connectivity index (χ2n) is 2.23. The number of hydrogen-bond donors (Lipinski definition) is 0. The third kappa shape index (κ3) is 7.29. The van der Waals surface area contributed by atoms with E-state index in [1.54, 1.807) is 0 Å². The summed E-state index contributed by atoms with van der Waals surface area (Å²) >= 11 is 0. The Bertz CT molecular complexity index is 197. The summed E-state index contributed by atoms with van der Waals surface area (Å²) in [6, 6.07) is 0. The summed E-state index contributed by atoms with van der Waals surface area (Å²) in [5, 5.41) is 0. The molecule has 0 aromatic rings. The molecule has 0 amide bonds. The summed E-state index contributed by atoms with van der Waals surface area (Å²) in [4.78, 5) is 0. The maximum Gasteiger partial charge on any atom is 1.00 e. The summed E-state index contributed by atoms with van der Waals surface area (Å²) in [6.07, 6.45) is 3.56. The fraction of sp³-hybridized carbons (Fsp3) is 0.800. The van der Waals surface area contributed by atoms with Crippen LogP contribution in [0.15, 0.2) is 0 Å². The van der Waals surface area contributed by atoms with E-state index >= 15 is 0 Å². The molecule has 0 saturated heterocycles. The molecule has 0 spiro atoms. The van der Waals surface area contributed by atoms with Crippen LogP contribution in [0.5, 0.6) is 0 Å². The minimum Gasteiger partial charge on any atom is -0.726 e. The van der Waals surface area contributed by atoms with Crippen molar-refractivity contribution in [2.45, 2.75) is 25.4 Å². The predicted molar refractivity (Wildman–Crippen MR) is 32.7 cm³/mol. The SMILES string of the molecule is O=S(=O)([O-])OC1C[CH-]CC1.[Na+].[Na+]. The molecule has 0 N–H and O–H groups in total. The molecule has 0 aromatic heterocycles. The molecule has 4 nitrogen and oxygen atoms in total. The topological polar surface area (TPSA) is 66.4 Å². The van der Waals surface area contributed by atoms with Gasteiger partial charge in [-0.3, -0.25) is 4.18 Å². The molecule has 0 aliphatic heterocycles. The van der Waals surface area contributed by atoms with Crippen molar-refractivity contribution in [3.63, 3.8) is 0 Å². The van der Waals surface area contributed by atoms with Crippen molar-refractivity contribution in [1.29, 1.82) is 0 Å². The van der Waals surface area contributed by atoms with Gasteiger partial charge in [-0.2, -0.15) is 12.8 Å². The van der Waals surface area contributed by atoms with Gasteiger partial charge in [0.1, 0.15) is 0 Å². The van der Waals surface area contributed by atoms with Crippen LogP contribution in [0.25, 0.3) is 0 Å². The Morgan fingerprint density at radius 3 is 2.33 bits per heavy atom. The van der Waals surface area contributed by atoms with E-state index in [1.165, 1.54) is 0 Å². The fourth-order valence-corrected chi connectivity index (χ4v) is 1.49. The maximum absolute atomic E-state index is 10.00. The molecule has 1 aliphatic carbocycles. The summed E-state index contributed by atoms with van der Waals surface area (Å²) in [5.41, 5.74) is 0. The normalized spacial score (nSPS) is 22.6. The zero-order chi connectivity index (χ0) is 7.61. The number of hydrogen-bond acceptors (Lipinski definition) is 4. The van der Waals surface area contributed by atoms with E-state index in [1.807, 2.05) is 6.42 Å². The zero-order valence-corrected chi connectivity index (χ0v) is 12.1. The van der Waals surface area contributed by atoms with Gasteiger partial charge in [0.25, 0.3) is 0 Å². The van der Waals surface area contributed by atoms with Crippen LogP contribution in [0.4, 0.5) is 0 Å². The van der Waals surface area contributed by atoms with Gasteiger partial charge in [-0.25, -0.2) is 8.42 Å². The third-order valence-electron chi connectivity index (χ3n) is 1.38. The first-order valence-corrected chi connectivity index (χ1v) is 4.37. The van der Waals surface area contributed by atoms with E-state index in [9.17, 15) is 13.0 Å². The maximum atomic E-state index is 10.00. The van der Waals surface area contributed by atoms with Gasteiger partial charge in [-0.05, 0) is 0 Å². The molecule has 7 heteroatoms. The van der Waals surface area contributed by atoms with Crippen molar-refractivity contribution in [1.82, 2.24) is 0 Å². The molecular formula is C5H8Na2O4S. The molecular weight excluding hydrogens is 202 g/mol. The molecule has 12 heavy (non-hydrogen) atoms. The Hall–Kier alpha value is 1.87. The first kappa shape index (κ1) is 16.3. The second kappa shape index (κ2) is 7.20. The summed E-state index contributed by atoms with van der Waals surface area (Å²) in [6.45, 7) is 0. The Balaban J connectivity index is 0. The Morgan fingerprint density at radius 2 is 2.00 bits per heavy atom. The standard InChI is InChI=1S/C5H9O4S.2Na/c6-10(7,8)9-5-3-1-2-4-5;;/h1,5H,2-4H2,(H,6,7,8);;/q-1;2*+1/p-1. The largest absolute Gasteiger partial charge is 1.00 e. The molecule has 0 radical (unpaired) electrons. The van der Waals surface area contributed by atoms with Gasteiger partial charge >= 0.3 is 59.1 Å². The monoisotopic (exact) mass is 210 g/mol. The van der Waals surface area contributed by atoms with Crippen molar-refractivity contribution in [3.05, 3.63) is 6.42 Å². The molecule has 1 atom stereocenters. The fourth-order valence-electron chi connectivity index (χ4n) is 0.979. The van der Waals surface area contributed by atoms with Gasteiger partial charge in [0, 0.05) is 6.10 Å². The van der Waals surface area contributed by atoms with Crippen LogP contribution >= 0.6 is 0 Å². The van der Waals surface area contributed by atoms with Crippen LogP contribution < -0.4 is 59.1 Å². The Kier molecular flexibility index (Phi) is 9.78. The first-order chi connectivity index (χ1) is 4.58. The van der Waals surface area contributed by atoms with Crippen LogP contribution in [-0.4, -0.2) is 19.1 Å². The van der Waals surface area contributed by atoms with Crippen molar-refractivity contribution in [2.75, 3.05) is 0 Å². The average Bonchev–Trinajstić information content (AvgIpc) is 2.12. The van der Waals surface area contributed by atoms with Crippen molar-refractivity contribution < 1.29 is 76.3 Å². The molecule has 1 saturated carbocycles. The van der Waals surface area contributed by atoms with Gasteiger partial charge in [0.15, 0.2) is 0 Å². The van der Waals surface area contributed by atoms with Crippen LogP contribution in [0.1, 0.15) is 19.3 Å². The van der Waals surface area contributed by atoms with E-state index in [0.717, 1.165) is 6.42 Å². The predicted octanol–water partition coefficient (Wildman–Crippen LogP) is -5.77. The summed E-state index contributed by atoms with van der Waals surface area (Å²) in [5.74, 6) is 0. The second-order valence-corrected chi connectivity index (χ2v) is 3.24. The van der Waals surface area contributed by atoms with E-state index in [-0.39, 0.29) is 59.1 Å². The van der Waals surface area contributed by atoms with Crippen molar-refractivity contribution >= 4 is 10.4 Å². The van der Waals surface area contributed by atoms with Crippen molar-refractivity contribution in [2.24, 2.45) is 0 Å². The molecule has 0 bridgehead atoms. The van der Waals surface area contributed by atoms with E-state index in [0.29, 0.717) is 12.8 Å². The Morgan fingerprint density at radius 1 is 1.42 bits per heavy atom. The minimum absolute atomic E-state index is 0.